The minimum absolute atomic E-state index is 0. The van der Waals surface area contributed by atoms with Gasteiger partial charge in [0.25, 0.3) is 5.91 Å². The first kappa shape index (κ1) is 19.9. The smallest absolute Gasteiger partial charge is 0.261 e. The van der Waals surface area contributed by atoms with Gasteiger partial charge in [0.1, 0.15) is 5.75 Å². The fourth-order valence-electron chi connectivity index (χ4n) is 4.11. The summed E-state index contributed by atoms with van der Waals surface area (Å²) in [5, 5.41) is 3.10. The molecule has 0 aromatic heterocycles. The minimum Gasteiger partial charge on any atom is -0.481 e. The number of carbonyl (C=O) groups excluding carboxylic acids is 1. The summed E-state index contributed by atoms with van der Waals surface area (Å²) in [7, 11) is 0. The maximum Gasteiger partial charge on any atom is 0.261 e. The van der Waals surface area contributed by atoms with E-state index in [1.807, 2.05) is 0 Å². The molecule has 4 nitrogen and oxygen atoms in total. The van der Waals surface area contributed by atoms with Crippen molar-refractivity contribution in [1.29, 1.82) is 0 Å². The summed E-state index contributed by atoms with van der Waals surface area (Å²) >= 11 is 0. The molecule has 0 saturated heterocycles. The fourth-order valence-corrected chi connectivity index (χ4v) is 4.11. The number of benzene rings is 1. The van der Waals surface area contributed by atoms with Gasteiger partial charge < -0.3 is 15.8 Å². The molecule has 7 heteroatoms. The highest BCUT2D eigenvalue weighted by Crippen LogP contribution is 2.39. The number of hydrogen-bond donors (Lipinski definition) is 2. The number of carbonyl (C=O) groups is 1. The second-order valence-corrected chi connectivity index (χ2v) is 7.05. The Hall–Kier alpha value is -1.40. The molecular formula is C18H25ClF2N2O2. The molecule has 0 aliphatic heterocycles. The molecule has 0 heterocycles. The second kappa shape index (κ2) is 8.32. The van der Waals surface area contributed by atoms with E-state index in [1.54, 1.807) is 6.92 Å². The minimum atomic E-state index is -0.990. The first-order valence-corrected chi connectivity index (χ1v) is 8.61. The lowest BCUT2D eigenvalue weighted by Gasteiger charge is -2.45. The maximum atomic E-state index is 13.2. The van der Waals surface area contributed by atoms with Gasteiger partial charge in [-0.1, -0.05) is 6.42 Å². The Morgan fingerprint density at radius 2 is 1.88 bits per heavy atom. The average molecular weight is 375 g/mol. The van der Waals surface area contributed by atoms with Gasteiger partial charge >= 0.3 is 0 Å². The zero-order valence-corrected chi connectivity index (χ0v) is 15.0. The van der Waals surface area contributed by atoms with E-state index >= 15 is 0 Å². The average Bonchev–Trinajstić information content (AvgIpc) is 2.51. The topological polar surface area (TPSA) is 64.3 Å². The molecule has 2 bridgehead atoms. The van der Waals surface area contributed by atoms with Crippen molar-refractivity contribution in [2.24, 2.45) is 17.6 Å². The number of nitrogens with one attached hydrogen (secondary N) is 1. The van der Waals surface area contributed by atoms with Crippen LogP contribution in [0.15, 0.2) is 18.2 Å². The molecule has 2 fully saturated rings. The summed E-state index contributed by atoms with van der Waals surface area (Å²) in [6.45, 7) is 1.61. The van der Waals surface area contributed by atoms with Crippen molar-refractivity contribution in [3.63, 3.8) is 0 Å². The van der Waals surface area contributed by atoms with Crippen molar-refractivity contribution in [3.8, 4) is 5.75 Å². The van der Waals surface area contributed by atoms with Gasteiger partial charge in [0.2, 0.25) is 0 Å². The summed E-state index contributed by atoms with van der Waals surface area (Å²) in [4.78, 5) is 12.4. The van der Waals surface area contributed by atoms with Crippen LogP contribution in [0.5, 0.6) is 5.75 Å². The van der Waals surface area contributed by atoms with Gasteiger partial charge in [0.15, 0.2) is 17.7 Å². The Balaban J connectivity index is 0.00000225. The van der Waals surface area contributed by atoms with Crippen LogP contribution in [0.1, 0.15) is 39.0 Å². The maximum absolute atomic E-state index is 13.2. The zero-order chi connectivity index (χ0) is 17.3. The van der Waals surface area contributed by atoms with Crippen LogP contribution in [0.25, 0.3) is 0 Å². The van der Waals surface area contributed by atoms with Crippen LogP contribution >= 0.6 is 12.4 Å². The summed E-state index contributed by atoms with van der Waals surface area (Å²) in [5.74, 6) is -1.17. The van der Waals surface area contributed by atoms with Crippen molar-refractivity contribution in [2.75, 3.05) is 0 Å². The molecular weight excluding hydrogens is 350 g/mol. The molecule has 140 valence electrons. The summed E-state index contributed by atoms with van der Waals surface area (Å²) < 4.78 is 31.6. The first-order chi connectivity index (χ1) is 11.4. The van der Waals surface area contributed by atoms with Crippen molar-refractivity contribution < 1.29 is 18.3 Å². The predicted molar refractivity (Wildman–Crippen MR) is 93.7 cm³/mol. The number of ether oxygens (including phenoxy) is 1. The van der Waals surface area contributed by atoms with E-state index in [-0.39, 0.29) is 36.1 Å². The van der Waals surface area contributed by atoms with Gasteiger partial charge in [0, 0.05) is 18.2 Å². The van der Waals surface area contributed by atoms with E-state index in [4.69, 9.17) is 10.5 Å². The van der Waals surface area contributed by atoms with Crippen LogP contribution in [-0.4, -0.2) is 24.1 Å². The molecule has 1 aromatic rings. The highest BCUT2D eigenvalue weighted by molar-refractivity contribution is 5.85. The zero-order valence-electron chi connectivity index (χ0n) is 14.2. The van der Waals surface area contributed by atoms with Gasteiger partial charge in [-0.25, -0.2) is 8.78 Å². The number of amides is 1. The van der Waals surface area contributed by atoms with Gasteiger partial charge in [-0.05, 0) is 56.6 Å². The van der Waals surface area contributed by atoms with Crippen molar-refractivity contribution in [2.45, 2.75) is 57.2 Å². The van der Waals surface area contributed by atoms with Gasteiger partial charge in [0.05, 0.1) is 0 Å². The second-order valence-electron chi connectivity index (χ2n) is 7.05. The normalized spacial score (nSPS) is 29.3. The molecule has 2 aliphatic carbocycles. The van der Waals surface area contributed by atoms with E-state index in [2.05, 4.69) is 5.32 Å². The first-order valence-electron chi connectivity index (χ1n) is 8.61. The van der Waals surface area contributed by atoms with E-state index in [9.17, 15) is 13.6 Å². The van der Waals surface area contributed by atoms with Gasteiger partial charge in [-0.15, -0.1) is 12.4 Å². The molecule has 0 radical (unpaired) electrons. The molecule has 2 aliphatic rings. The number of rotatable bonds is 4. The molecule has 2 saturated carbocycles. The Kier molecular flexibility index (Phi) is 6.63. The summed E-state index contributed by atoms with van der Waals surface area (Å²) in [5.41, 5.74) is 6.10. The Morgan fingerprint density at radius 1 is 1.24 bits per heavy atom. The van der Waals surface area contributed by atoms with E-state index in [1.165, 1.54) is 12.5 Å². The SMILES string of the molecule is CC(Oc1ccc(F)c(F)c1)C(=O)NC1C2CCCC1CC(N)C2.Cl. The molecule has 3 atom stereocenters. The number of nitrogens with two attached hydrogens (primary N) is 1. The predicted octanol–water partition coefficient (Wildman–Crippen LogP) is 3.18. The Morgan fingerprint density at radius 3 is 2.48 bits per heavy atom. The lowest BCUT2D eigenvalue weighted by Crippen LogP contribution is -2.55. The monoisotopic (exact) mass is 374 g/mol. The summed E-state index contributed by atoms with van der Waals surface area (Å²) in [6.07, 6.45) is 4.49. The molecule has 25 heavy (non-hydrogen) atoms. The highest BCUT2D eigenvalue weighted by Gasteiger charge is 2.40. The lowest BCUT2D eigenvalue weighted by molar-refractivity contribution is -0.129. The van der Waals surface area contributed by atoms with E-state index in [0.717, 1.165) is 37.8 Å². The third-order valence-corrected chi connectivity index (χ3v) is 5.26. The Bertz CT molecular complexity index is 603. The van der Waals surface area contributed by atoms with Gasteiger partial charge in [-0.2, -0.15) is 0 Å². The van der Waals surface area contributed by atoms with Crippen molar-refractivity contribution in [3.05, 3.63) is 29.8 Å². The van der Waals surface area contributed by atoms with Crippen LogP contribution in [-0.2, 0) is 4.79 Å². The van der Waals surface area contributed by atoms with Crippen LogP contribution in [0.4, 0.5) is 8.78 Å². The molecule has 3 unspecified atom stereocenters. The molecule has 1 aromatic carbocycles. The van der Waals surface area contributed by atoms with Crippen LogP contribution in [0, 0.1) is 23.5 Å². The summed E-state index contributed by atoms with van der Waals surface area (Å²) in [6, 6.07) is 3.62. The third-order valence-electron chi connectivity index (χ3n) is 5.26. The fraction of sp³-hybridized carbons (Fsp3) is 0.611. The molecule has 1 amide bonds. The number of halogens is 3. The Labute approximate surface area is 152 Å². The quantitative estimate of drug-likeness (QED) is 0.850. The van der Waals surface area contributed by atoms with Crippen LogP contribution in [0.3, 0.4) is 0 Å². The highest BCUT2D eigenvalue weighted by atomic mass is 35.5. The van der Waals surface area contributed by atoms with Crippen molar-refractivity contribution in [1.82, 2.24) is 5.32 Å². The number of fused-ring (bicyclic) bond motifs is 2. The molecule has 3 N–H and O–H groups in total. The lowest BCUT2D eigenvalue weighted by atomic mass is 9.67. The van der Waals surface area contributed by atoms with E-state index < -0.39 is 17.7 Å². The van der Waals surface area contributed by atoms with Crippen LogP contribution in [0.2, 0.25) is 0 Å². The largest absolute Gasteiger partial charge is 0.481 e. The number of hydrogen-bond acceptors (Lipinski definition) is 3. The standard InChI is InChI=1S/C18H24F2N2O2.ClH/c1-10(24-14-5-6-15(19)16(20)9-14)18(23)22-17-11-3-2-4-12(17)8-13(21)7-11;/h5-6,9-13,17H,2-4,7-8,21H2,1H3,(H,22,23);1H. The molecule has 0 spiro atoms. The van der Waals surface area contributed by atoms with Crippen molar-refractivity contribution >= 4 is 18.3 Å². The van der Waals surface area contributed by atoms with Crippen LogP contribution < -0.4 is 15.8 Å². The molecule has 3 rings (SSSR count). The van der Waals surface area contributed by atoms with Gasteiger partial charge in [-0.3, -0.25) is 4.79 Å². The van der Waals surface area contributed by atoms with E-state index in [0.29, 0.717) is 11.8 Å². The third kappa shape index (κ3) is 4.61.